The molecule has 0 saturated carbocycles. The Bertz CT molecular complexity index is 805. The highest BCUT2D eigenvalue weighted by Gasteiger charge is 2.12. The molecule has 2 aromatic carbocycles. The molecule has 1 amide bonds. The zero-order chi connectivity index (χ0) is 17.5. The molecule has 6 heteroatoms. The first-order valence-corrected chi connectivity index (χ1v) is 7.02. The fraction of sp³-hybridized carbons (Fsp3) is 0.111. The number of para-hydroxylation sites is 1. The molecule has 0 aliphatic carbocycles. The number of carbonyl (C=O) groups is 1. The van der Waals surface area contributed by atoms with Gasteiger partial charge in [-0.25, -0.2) is 0 Å². The molecule has 122 valence electrons. The van der Waals surface area contributed by atoms with E-state index in [1.807, 2.05) is 6.07 Å². The lowest BCUT2D eigenvalue weighted by molar-refractivity contribution is -0.112. The van der Waals surface area contributed by atoms with Gasteiger partial charge in [0, 0.05) is 11.3 Å². The molecule has 0 heterocycles. The second kappa shape index (κ2) is 7.70. The predicted octanol–water partition coefficient (Wildman–Crippen LogP) is 2.96. The summed E-state index contributed by atoms with van der Waals surface area (Å²) in [6, 6.07) is 13.4. The van der Waals surface area contributed by atoms with Gasteiger partial charge < -0.3 is 19.9 Å². The zero-order valence-electron chi connectivity index (χ0n) is 13.2. The summed E-state index contributed by atoms with van der Waals surface area (Å²) < 4.78 is 10.0. The van der Waals surface area contributed by atoms with E-state index in [0.717, 1.165) is 0 Å². The maximum atomic E-state index is 12.2. The maximum absolute atomic E-state index is 12.2. The fourth-order valence-corrected chi connectivity index (χ4v) is 2.00. The second-order valence-corrected chi connectivity index (χ2v) is 4.75. The Morgan fingerprint density at radius 1 is 1.17 bits per heavy atom. The summed E-state index contributed by atoms with van der Waals surface area (Å²) in [5, 5.41) is 21.9. The molecular weight excluding hydrogens is 308 g/mol. The maximum Gasteiger partial charge on any atom is 0.266 e. The highest BCUT2D eigenvalue weighted by atomic mass is 16.5. The van der Waals surface area contributed by atoms with Gasteiger partial charge in [0.2, 0.25) is 0 Å². The average molecular weight is 324 g/mol. The molecule has 0 unspecified atom stereocenters. The molecule has 0 fully saturated rings. The molecule has 6 nitrogen and oxygen atoms in total. The van der Waals surface area contributed by atoms with Gasteiger partial charge in [-0.1, -0.05) is 12.1 Å². The highest BCUT2D eigenvalue weighted by Crippen LogP contribution is 2.31. The number of rotatable bonds is 5. The lowest BCUT2D eigenvalue weighted by Gasteiger charge is -2.07. The summed E-state index contributed by atoms with van der Waals surface area (Å²) in [6.45, 7) is 0. The third-order valence-corrected chi connectivity index (χ3v) is 3.26. The molecule has 2 N–H and O–H groups in total. The zero-order valence-corrected chi connectivity index (χ0v) is 13.2. The van der Waals surface area contributed by atoms with Crippen molar-refractivity contribution in [2.75, 3.05) is 19.5 Å². The van der Waals surface area contributed by atoms with Crippen LogP contribution in [0.1, 0.15) is 5.56 Å². The van der Waals surface area contributed by atoms with E-state index in [2.05, 4.69) is 5.32 Å². The quantitative estimate of drug-likeness (QED) is 0.652. The van der Waals surface area contributed by atoms with Crippen LogP contribution in [0.15, 0.2) is 48.0 Å². The molecule has 24 heavy (non-hydrogen) atoms. The summed E-state index contributed by atoms with van der Waals surface area (Å²) in [4.78, 5) is 12.2. The Hall–Kier alpha value is -3.46. The van der Waals surface area contributed by atoms with Crippen molar-refractivity contribution in [1.29, 1.82) is 5.26 Å². The number of phenols is 1. The Morgan fingerprint density at radius 3 is 2.46 bits per heavy atom. The van der Waals surface area contributed by atoms with Crippen molar-refractivity contribution in [2.45, 2.75) is 0 Å². The van der Waals surface area contributed by atoms with Crippen molar-refractivity contribution in [3.05, 3.63) is 53.6 Å². The third kappa shape index (κ3) is 3.84. The number of nitrogens with one attached hydrogen (secondary N) is 1. The van der Waals surface area contributed by atoms with Crippen LogP contribution in [0, 0.1) is 11.3 Å². The Balaban J connectivity index is 2.24. The molecule has 2 rings (SSSR count). The van der Waals surface area contributed by atoms with Crippen LogP contribution in [-0.4, -0.2) is 25.2 Å². The van der Waals surface area contributed by atoms with E-state index >= 15 is 0 Å². The molecule has 0 radical (unpaired) electrons. The second-order valence-electron chi connectivity index (χ2n) is 4.75. The van der Waals surface area contributed by atoms with E-state index < -0.39 is 5.91 Å². The standard InChI is InChI=1S/C18H16N2O4/c1-23-15-8-6-14(7-9-15)20-18(22)13(11-19)10-12-4-3-5-16(24-2)17(12)21/h3-10,21H,1-2H3,(H,20,22)/b13-10+. The molecule has 0 aliphatic heterocycles. The number of phenolic OH excluding ortho intramolecular Hbond substituents is 1. The number of anilines is 1. The van der Waals surface area contributed by atoms with Gasteiger partial charge in [-0.2, -0.15) is 5.26 Å². The number of benzene rings is 2. The predicted molar refractivity (Wildman–Crippen MR) is 89.9 cm³/mol. The van der Waals surface area contributed by atoms with Gasteiger partial charge in [0.15, 0.2) is 11.5 Å². The van der Waals surface area contributed by atoms with Crippen LogP contribution in [0.2, 0.25) is 0 Å². The van der Waals surface area contributed by atoms with Crippen LogP contribution in [0.25, 0.3) is 6.08 Å². The van der Waals surface area contributed by atoms with Crippen molar-refractivity contribution >= 4 is 17.7 Å². The van der Waals surface area contributed by atoms with E-state index in [4.69, 9.17) is 9.47 Å². The number of nitriles is 1. The van der Waals surface area contributed by atoms with Crippen LogP contribution >= 0.6 is 0 Å². The van der Waals surface area contributed by atoms with Crippen molar-refractivity contribution in [2.24, 2.45) is 0 Å². The molecule has 0 saturated heterocycles. The summed E-state index contributed by atoms with van der Waals surface area (Å²) in [6.07, 6.45) is 1.30. The fourth-order valence-electron chi connectivity index (χ4n) is 2.00. The number of amides is 1. The monoisotopic (exact) mass is 324 g/mol. The number of ether oxygens (including phenoxy) is 2. The van der Waals surface area contributed by atoms with Crippen molar-refractivity contribution in [1.82, 2.24) is 0 Å². The Morgan fingerprint density at radius 2 is 1.88 bits per heavy atom. The first kappa shape index (κ1) is 16.9. The van der Waals surface area contributed by atoms with E-state index in [9.17, 15) is 15.2 Å². The normalized spacial score (nSPS) is 10.6. The summed E-state index contributed by atoms with van der Waals surface area (Å²) in [7, 11) is 2.97. The van der Waals surface area contributed by atoms with E-state index in [-0.39, 0.29) is 17.1 Å². The Kier molecular flexibility index (Phi) is 5.42. The first-order chi connectivity index (χ1) is 11.6. The summed E-state index contributed by atoms with van der Waals surface area (Å²) >= 11 is 0. The van der Waals surface area contributed by atoms with Crippen LogP contribution in [0.5, 0.6) is 17.2 Å². The van der Waals surface area contributed by atoms with Crippen LogP contribution < -0.4 is 14.8 Å². The van der Waals surface area contributed by atoms with Gasteiger partial charge in [-0.05, 0) is 36.4 Å². The van der Waals surface area contributed by atoms with Crippen molar-refractivity contribution < 1.29 is 19.4 Å². The number of nitrogens with zero attached hydrogens (tertiary/aromatic N) is 1. The van der Waals surface area contributed by atoms with E-state index in [0.29, 0.717) is 17.0 Å². The molecule has 0 aromatic heterocycles. The average Bonchev–Trinajstić information content (AvgIpc) is 2.61. The third-order valence-electron chi connectivity index (χ3n) is 3.26. The van der Waals surface area contributed by atoms with E-state index in [1.54, 1.807) is 49.6 Å². The smallest absolute Gasteiger partial charge is 0.266 e. The number of hydrogen-bond donors (Lipinski definition) is 2. The molecule has 0 spiro atoms. The van der Waals surface area contributed by atoms with Gasteiger partial charge in [-0.3, -0.25) is 4.79 Å². The number of methoxy groups -OCH3 is 2. The number of carbonyl (C=O) groups excluding carboxylic acids is 1. The van der Waals surface area contributed by atoms with Gasteiger partial charge >= 0.3 is 0 Å². The van der Waals surface area contributed by atoms with Gasteiger partial charge in [0.1, 0.15) is 17.4 Å². The molecule has 0 bridgehead atoms. The largest absolute Gasteiger partial charge is 0.504 e. The lowest BCUT2D eigenvalue weighted by Crippen LogP contribution is -2.13. The van der Waals surface area contributed by atoms with Gasteiger partial charge in [-0.15, -0.1) is 0 Å². The van der Waals surface area contributed by atoms with Crippen LogP contribution in [0.3, 0.4) is 0 Å². The molecule has 0 aliphatic rings. The van der Waals surface area contributed by atoms with Crippen LogP contribution in [0.4, 0.5) is 5.69 Å². The molecule has 0 atom stereocenters. The molecular formula is C18H16N2O4. The number of hydrogen-bond acceptors (Lipinski definition) is 5. The van der Waals surface area contributed by atoms with E-state index in [1.165, 1.54) is 13.2 Å². The van der Waals surface area contributed by atoms with Gasteiger partial charge in [0.25, 0.3) is 5.91 Å². The summed E-state index contributed by atoms with van der Waals surface area (Å²) in [5.41, 5.74) is 0.696. The first-order valence-electron chi connectivity index (χ1n) is 7.02. The lowest BCUT2D eigenvalue weighted by atomic mass is 10.1. The minimum absolute atomic E-state index is 0.134. The topological polar surface area (TPSA) is 91.6 Å². The minimum Gasteiger partial charge on any atom is -0.504 e. The summed E-state index contributed by atoms with van der Waals surface area (Å²) in [5.74, 6) is 0.205. The Labute approximate surface area is 139 Å². The minimum atomic E-state index is -0.579. The van der Waals surface area contributed by atoms with Gasteiger partial charge in [0.05, 0.1) is 14.2 Å². The molecule has 2 aromatic rings. The highest BCUT2D eigenvalue weighted by molar-refractivity contribution is 6.09. The van der Waals surface area contributed by atoms with Crippen molar-refractivity contribution in [3.63, 3.8) is 0 Å². The van der Waals surface area contributed by atoms with Crippen molar-refractivity contribution in [3.8, 4) is 23.3 Å². The SMILES string of the molecule is COc1ccc(NC(=O)/C(C#N)=C/c2cccc(OC)c2O)cc1. The number of aromatic hydroxyl groups is 1. The van der Waals surface area contributed by atoms with Crippen LogP contribution in [-0.2, 0) is 4.79 Å².